The van der Waals surface area contributed by atoms with Gasteiger partial charge in [-0.25, -0.2) is 9.18 Å². The highest BCUT2D eigenvalue weighted by Crippen LogP contribution is 2.22. The average Bonchev–Trinajstić information content (AvgIpc) is 2.23. The first kappa shape index (κ1) is 17.8. The molecule has 0 saturated heterocycles. The molecule has 0 aromatic heterocycles. The van der Waals surface area contributed by atoms with Gasteiger partial charge in [0.15, 0.2) is 11.6 Å². The number of rotatable bonds is 4. The Morgan fingerprint density at radius 1 is 1.29 bits per heavy atom. The van der Waals surface area contributed by atoms with Crippen molar-refractivity contribution in [2.75, 3.05) is 6.61 Å². The van der Waals surface area contributed by atoms with Crippen molar-refractivity contribution in [2.45, 2.75) is 45.8 Å². The quantitative estimate of drug-likeness (QED) is 0.870. The summed E-state index contributed by atoms with van der Waals surface area (Å²) in [6, 6.07) is 4.54. The molecule has 6 heteroatoms. The number of ether oxygens (including phenoxy) is 2. The lowest BCUT2D eigenvalue weighted by molar-refractivity contribution is 0.0440. The van der Waals surface area contributed by atoms with Crippen LogP contribution in [0.25, 0.3) is 0 Å². The van der Waals surface area contributed by atoms with Gasteiger partial charge in [-0.1, -0.05) is 15.9 Å². The Morgan fingerprint density at radius 2 is 1.90 bits per heavy atom. The van der Waals surface area contributed by atoms with Gasteiger partial charge in [0.2, 0.25) is 0 Å². The smallest absolute Gasteiger partial charge is 0.408 e. The molecule has 1 rings (SSSR count). The maximum atomic E-state index is 13.6. The lowest BCUT2D eigenvalue weighted by atomic mass is 10.1. The van der Waals surface area contributed by atoms with E-state index in [2.05, 4.69) is 21.2 Å². The molecule has 21 heavy (non-hydrogen) atoms. The highest BCUT2D eigenvalue weighted by atomic mass is 79.9. The van der Waals surface area contributed by atoms with E-state index in [0.29, 0.717) is 4.47 Å². The largest absolute Gasteiger partial charge is 0.488 e. The van der Waals surface area contributed by atoms with Gasteiger partial charge in [0.05, 0.1) is 5.54 Å². The van der Waals surface area contributed by atoms with E-state index in [4.69, 9.17) is 9.47 Å². The van der Waals surface area contributed by atoms with Crippen molar-refractivity contribution in [3.05, 3.63) is 28.5 Å². The molecule has 0 spiro atoms. The molecular formula is C15H21BrFNO3. The summed E-state index contributed by atoms with van der Waals surface area (Å²) in [6.45, 7) is 9.01. The number of hydrogen-bond donors (Lipinski definition) is 1. The Morgan fingerprint density at radius 3 is 2.43 bits per heavy atom. The molecule has 0 unspecified atom stereocenters. The number of hydrogen-bond acceptors (Lipinski definition) is 3. The predicted molar refractivity (Wildman–Crippen MR) is 83.0 cm³/mol. The second kappa shape index (κ2) is 6.64. The number of carbonyl (C=O) groups is 1. The zero-order valence-corrected chi connectivity index (χ0v) is 14.5. The van der Waals surface area contributed by atoms with Crippen LogP contribution in [0.4, 0.5) is 9.18 Å². The molecule has 0 bridgehead atoms. The van der Waals surface area contributed by atoms with Crippen LogP contribution in [0.3, 0.4) is 0 Å². The number of alkyl carbamates (subject to hydrolysis) is 1. The SMILES string of the molecule is CC(C)(COc1ccc(Br)cc1F)NC(=O)OC(C)(C)C. The monoisotopic (exact) mass is 361 g/mol. The molecule has 1 N–H and O–H groups in total. The van der Waals surface area contributed by atoms with Gasteiger partial charge >= 0.3 is 6.09 Å². The summed E-state index contributed by atoms with van der Waals surface area (Å²) in [5.74, 6) is -0.324. The number of nitrogens with one attached hydrogen (secondary N) is 1. The summed E-state index contributed by atoms with van der Waals surface area (Å²) in [7, 11) is 0. The van der Waals surface area contributed by atoms with E-state index < -0.39 is 23.1 Å². The van der Waals surface area contributed by atoms with Crippen molar-refractivity contribution in [3.8, 4) is 5.75 Å². The Labute approximate surface area is 133 Å². The molecule has 4 nitrogen and oxygen atoms in total. The second-order valence-electron chi connectivity index (χ2n) is 6.37. The Balaban J connectivity index is 2.58. The van der Waals surface area contributed by atoms with Crippen LogP contribution in [0.5, 0.6) is 5.75 Å². The third-order valence-corrected chi connectivity index (χ3v) is 2.82. The minimum atomic E-state index is -0.693. The maximum Gasteiger partial charge on any atom is 0.408 e. The average molecular weight is 362 g/mol. The summed E-state index contributed by atoms with van der Waals surface area (Å²) in [5.41, 5.74) is -1.26. The van der Waals surface area contributed by atoms with E-state index >= 15 is 0 Å². The molecule has 0 fully saturated rings. The molecule has 0 atom stereocenters. The standard InChI is InChI=1S/C15H21BrFNO3/c1-14(2,3)21-13(19)18-15(4,5)9-20-12-7-6-10(16)8-11(12)17/h6-8H,9H2,1-5H3,(H,18,19). The first-order valence-corrected chi connectivity index (χ1v) is 7.37. The van der Waals surface area contributed by atoms with Crippen LogP contribution in [0.2, 0.25) is 0 Å². The number of halogens is 2. The molecule has 0 heterocycles. The highest BCUT2D eigenvalue weighted by molar-refractivity contribution is 9.10. The lowest BCUT2D eigenvalue weighted by Gasteiger charge is -2.28. The fraction of sp³-hybridized carbons (Fsp3) is 0.533. The zero-order valence-electron chi connectivity index (χ0n) is 12.9. The minimum Gasteiger partial charge on any atom is -0.488 e. The predicted octanol–water partition coefficient (Wildman–Crippen LogP) is 4.27. The Kier molecular flexibility index (Phi) is 5.61. The van der Waals surface area contributed by atoms with Crippen molar-refractivity contribution in [1.82, 2.24) is 5.32 Å². The molecular weight excluding hydrogens is 341 g/mol. The molecule has 1 aromatic rings. The summed E-state index contributed by atoms with van der Waals surface area (Å²) >= 11 is 3.18. The zero-order chi connectivity index (χ0) is 16.3. The van der Waals surface area contributed by atoms with Crippen molar-refractivity contribution >= 4 is 22.0 Å². The van der Waals surface area contributed by atoms with Gasteiger partial charge < -0.3 is 14.8 Å². The van der Waals surface area contributed by atoms with Gasteiger partial charge in [0.1, 0.15) is 12.2 Å². The summed E-state index contributed by atoms with van der Waals surface area (Å²) < 4.78 is 24.9. The number of amides is 1. The Bertz CT molecular complexity index is 512. The van der Waals surface area contributed by atoms with Gasteiger partial charge in [-0.05, 0) is 52.8 Å². The van der Waals surface area contributed by atoms with Crippen LogP contribution in [-0.2, 0) is 4.74 Å². The normalized spacial score (nSPS) is 12.0. The van der Waals surface area contributed by atoms with Gasteiger partial charge in [0, 0.05) is 4.47 Å². The first-order valence-electron chi connectivity index (χ1n) is 6.57. The van der Waals surface area contributed by atoms with Crippen LogP contribution in [-0.4, -0.2) is 23.8 Å². The first-order chi connectivity index (χ1) is 9.48. The third kappa shape index (κ3) is 6.80. The third-order valence-electron chi connectivity index (χ3n) is 2.32. The van der Waals surface area contributed by atoms with Gasteiger partial charge in [-0.2, -0.15) is 0 Å². The topological polar surface area (TPSA) is 47.6 Å². The summed E-state index contributed by atoms with van der Waals surface area (Å²) in [5, 5.41) is 2.70. The molecule has 0 radical (unpaired) electrons. The van der Waals surface area contributed by atoms with Gasteiger partial charge in [-0.15, -0.1) is 0 Å². The van der Waals surface area contributed by atoms with Crippen LogP contribution in [0, 0.1) is 5.82 Å². The highest BCUT2D eigenvalue weighted by Gasteiger charge is 2.25. The fourth-order valence-electron chi connectivity index (χ4n) is 1.47. The van der Waals surface area contributed by atoms with Crippen LogP contribution in [0.15, 0.2) is 22.7 Å². The van der Waals surface area contributed by atoms with Crippen molar-refractivity contribution in [2.24, 2.45) is 0 Å². The van der Waals surface area contributed by atoms with Crippen LogP contribution < -0.4 is 10.1 Å². The van der Waals surface area contributed by atoms with E-state index in [1.165, 1.54) is 12.1 Å². The number of carbonyl (C=O) groups excluding carboxylic acids is 1. The molecule has 118 valence electrons. The molecule has 0 aliphatic rings. The summed E-state index contributed by atoms with van der Waals surface area (Å²) in [6.07, 6.45) is -0.535. The van der Waals surface area contributed by atoms with E-state index in [0.717, 1.165) is 0 Å². The van der Waals surface area contributed by atoms with Crippen LogP contribution >= 0.6 is 15.9 Å². The van der Waals surface area contributed by atoms with Gasteiger partial charge in [-0.3, -0.25) is 0 Å². The van der Waals surface area contributed by atoms with E-state index in [1.807, 2.05) is 0 Å². The van der Waals surface area contributed by atoms with E-state index in [-0.39, 0.29) is 12.4 Å². The second-order valence-corrected chi connectivity index (χ2v) is 7.29. The molecule has 1 amide bonds. The fourth-order valence-corrected chi connectivity index (χ4v) is 1.80. The van der Waals surface area contributed by atoms with Crippen molar-refractivity contribution in [1.29, 1.82) is 0 Å². The molecule has 1 aromatic carbocycles. The van der Waals surface area contributed by atoms with Crippen molar-refractivity contribution < 1.29 is 18.7 Å². The maximum absolute atomic E-state index is 13.6. The van der Waals surface area contributed by atoms with E-state index in [9.17, 15) is 9.18 Å². The van der Waals surface area contributed by atoms with Crippen molar-refractivity contribution in [3.63, 3.8) is 0 Å². The number of benzene rings is 1. The molecule has 0 aliphatic heterocycles. The van der Waals surface area contributed by atoms with Gasteiger partial charge in [0.25, 0.3) is 0 Å². The Hall–Kier alpha value is -1.30. The van der Waals surface area contributed by atoms with E-state index in [1.54, 1.807) is 40.7 Å². The molecule has 0 aliphatic carbocycles. The summed E-state index contributed by atoms with van der Waals surface area (Å²) in [4.78, 5) is 11.7. The van der Waals surface area contributed by atoms with Crippen LogP contribution in [0.1, 0.15) is 34.6 Å². The minimum absolute atomic E-state index is 0.116. The molecule has 0 saturated carbocycles. The lowest BCUT2D eigenvalue weighted by Crippen LogP contribution is -2.49.